The van der Waals surface area contributed by atoms with Crippen molar-refractivity contribution in [1.29, 1.82) is 5.26 Å². The fourth-order valence-electron chi connectivity index (χ4n) is 1.89. The number of imidazole rings is 1. The molecule has 2 rings (SSSR count). The predicted molar refractivity (Wildman–Crippen MR) is 80.2 cm³/mol. The highest BCUT2D eigenvalue weighted by Crippen LogP contribution is 2.24. The van der Waals surface area contributed by atoms with E-state index in [4.69, 9.17) is 15.7 Å². The van der Waals surface area contributed by atoms with Crippen LogP contribution in [-0.4, -0.2) is 33.6 Å². The number of nitrogen functional groups attached to an aromatic ring is 1. The lowest BCUT2D eigenvalue weighted by atomic mass is 10.2. The predicted octanol–water partition coefficient (Wildman–Crippen LogP) is 1.64. The van der Waals surface area contributed by atoms with E-state index in [0.717, 1.165) is 5.57 Å². The van der Waals surface area contributed by atoms with Gasteiger partial charge in [-0.1, -0.05) is 18.2 Å². The smallest absolute Gasteiger partial charge is 0.199 e. The topological polar surface area (TPSA) is 116 Å². The number of nitrogens with zero attached hydrogens (tertiary/aromatic N) is 5. The zero-order chi connectivity index (χ0) is 15.9. The van der Waals surface area contributed by atoms with Gasteiger partial charge in [-0.2, -0.15) is 5.26 Å². The number of hydrogen-bond acceptors (Lipinski definition) is 7. The summed E-state index contributed by atoms with van der Waals surface area (Å²) in [6.07, 6.45) is 7.46. The number of rotatable bonds is 6. The molecule has 2 N–H and O–H groups in total. The van der Waals surface area contributed by atoms with Crippen molar-refractivity contribution in [3.63, 3.8) is 0 Å². The highest BCUT2D eigenvalue weighted by Gasteiger charge is 2.18. The van der Waals surface area contributed by atoms with Crippen LogP contribution in [0.15, 0.2) is 29.1 Å². The van der Waals surface area contributed by atoms with Crippen LogP contribution in [0.1, 0.15) is 12.6 Å². The van der Waals surface area contributed by atoms with Gasteiger partial charge >= 0.3 is 0 Å². The fraction of sp³-hybridized carbons (Fsp3) is 0.286. The van der Waals surface area contributed by atoms with Crippen LogP contribution in [0.25, 0.3) is 17.1 Å². The lowest BCUT2D eigenvalue weighted by molar-refractivity contribution is 0.234. The number of nitriles is 1. The van der Waals surface area contributed by atoms with Crippen molar-refractivity contribution in [1.82, 2.24) is 19.9 Å². The Morgan fingerprint density at radius 3 is 2.95 bits per heavy atom. The van der Waals surface area contributed by atoms with Crippen molar-refractivity contribution in [2.45, 2.75) is 13.5 Å². The number of anilines is 1. The summed E-state index contributed by atoms with van der Waals surface area (Å²) < 4.78 is 11.2. The third-order valence-corrected chi connectivity index (χ3v) is 2.91. The van der Waals surface area contributed by atoms with Gasteiger partial charge in [-0.3, -0.25) is 0 Å². The average Bonchev–Trinajstić information content (AvgIpc) is 3.10. The maximum absolute atomic E-state index is 8.95. The van der Waals surface area contributed by atoms with Crippen molar-refractivity contribution in [3.05, 3.63) is 30.1 Å². The molecule has 0 fully saturated rings. The fourth-order valence-corrected chi connectivity index (χ4v) is 1.89. The van der Waals surface area contributed by atoms with E-state index in [9.17, 15) is 0 Å². The van der Waals surface area contributed by atoms with E-state index < -0.39 is 0 Å². The molecular formula is C14H16N6O2. The van der Waals surface area contributed by atoms with Crippen molar-refractivity contribution in [2.75, 3.05) is 19.5 Å². The first-order chi connectivity index (χ1) is 10.7. The summed E-state index contributed by atoms with van der Waals surface area (Å²) in [5.74, 6) is 0.572. The zero-order valence-corrected chi connectivity index (χ0v) is 12.4. The number of allylic oxidation sites excluding steroid dienone is 3. The molecule has 0 amide bonds. The van der Waals surface area contributed by atoms with E-state index in [2.05, 4.69) is 26.0 Å². The van der Waals surface area contributed by atoms with Gasteiger partial charge in [-0.25, -0.2) is 9.61 Å². The number of aromatic nitrogens is 4. The minimum atomic E-state index is 0.118. The summed E-state index contributed by atoms with van der Waals surface area (Å²) >= 11 is 0. The SMILES string of the molecule is C/C=C(\C=C/COC)c1cn(CC#N)c(-c2nonc2N)n1. The second-order valence-corrected chi connectivity index (χ2v) is 4.34. The summed E-state index contributed by atoms with van der Waals surface area (Å²) in [4.78, 5) is 4.49. The first kappa shape index (κ1) is 15.5. The number of methoxy groups -OCH3 is 1. The van der Waals surface area contributed by atoms with Crippen LogP contribution in [-0.2, 0) is 11.3 Å². The molecule has 0 aliphatic heterocycles. The van der Waals surface area contributed by atoms with Crippen LogP contribution < -0.4 is 5.73 Å². The Kier molecular flexibility index (Phi) is 5.06. The third kappa shape index (κ3) is 3.21. The summed E-state index contributed by atoms with van der Waals surface area (Å²) in [5.41, 5.74) is 7.61. The molecular weight excluding hydrogens is 284 g/mol. The van der Waals surface area contributed by atoms with Crippen LogP contribution >= 0.6 is 0 Å². The lowest BCUT2D eigenvalue weighted by Crippen LogP contribution is -1.99. The van der Waals surface area contributed by atoms with E-state index in [-0.39, 0.29) is 12.4 Å². The Hall–Kier alpha value is -2.92. The van der Waals surface area contributed by atoms with E-state index >= 15 is 0 Å². The molecule has 0 aliphatic carbocycles. The Morgan fingerprint density at radius 2 is 2.36 bits per heavy atom. The number of hydrogen-bond donors (Lipinski definition) is 1. The van der Waals surface area contributed by atoms with Gasteiger partial charge in [0, 0.05) is 13.3 Å². The highest BCUT2D eigenvalue weighted by molar-refractivity contribution is 5.74. The molecule has 0 unspecified atom stereocenters. The molecule has 2 heterocycles. The Labute approximate surface area is 127 Å². The van der Waals surface area contributed by atoms with E-state index in [0.29, 0.717) is 23.8 Å². The van der Waals surface area contributed by atoms with Crippen LogP contribution in [0.3, 0.4) is 0 Å². The molecule has 0 radical (unpaired) electrons. The summed E-state index contributed by atoms with van der Waals surface area (Å²) in [6.45, 7) is 2.53. The molecule has 2 aromatic rings. The third-order valence-electron chi connectivity index (χ3n) is 2.91. The average molecular weight is 300 g/mol. The summed E-state index contributed by atoms with van der Waals surface area (Å²) in [5, 5.41) is 16.2. The maximum atomic E-state index is 8.95. The molecule has 0 saturated carbocycles. The molecule has 8 nitrogen and oxygen atoms in total. The lowest BCUT2D eigenvalue weighted by Gasteiger charge is -1.98. The van der Waals surface area contributed by atoms with Crippen molar-refractivity contribution in [2.24, 2.45) is 0 Å². The van der Waals surface area contributed by atoms with Crippen LogP contribution in [0.2, 0.25) is 0 Å². The molecule has 0 bridgehead atoms. The normalized spacial score (nSPS) is 12.0. The van der Waals surface area contributed by atoms with Gasteiger partial charge in [0.2, 0.25) is 0 Å². The highest BCUT2D eigenvalue weighted by atomic mass is 16.6. The van der Waals surface area contributed by atoms with Crippen LogP contribution in [0.4, 0.5) is 5.82 Å². The van der Waals surface area contributed by atoms with Gasteiger partial charge in [0.1, 0.15) is 6.54 Å². The second kappa shape index (κ2) is 7.19. The quantitative estimate of drug-likeness (QED) is 0.806. The first-order valence-electron chi connectivity index (χ1n) is 6.56. The van der Waals surface area contributed by atoms with E-state index in [1.807, 2.05) is 25.2 Å². The van der Waals surface area contributed by atoms with E-state index in [1.165, 1.54) is 0 Å². The number of ether oxygens (including phenoxy) is 1. The van der Waals surface area contributed by atoms with Gasteiger partial charge in [0.15, 0.2) is 17.3 Å². The zero-order valence-electron chi connectivity index (χ0n) is 12.4. The van der Waals surface area contributed by atoms with Gasteiger partial charge in [-0.15, -0.1) is 0 Å². The van der Waals surface area contributed by atoms with Crippen molar-refractivity contribution >= 4 is 11.4 Å². The minimum absolute atomic E-state index is 0.118. The Balaban J connectivity index is 2.43. The molecule has 114 valence electrons. The van der Waals surface area contributed by atoms with Crippen LogP contribution in [0, 0.1) is 11.3 Å². The largest absolute Gasteiger partial charge is 0.381 e. The Morgan fingerprint density at radius 1 is 1.55 bits per heavy atom. The molecule has 0 spiro atoms. The van der Waals surface area contributed by atoms with Gasteiger partial charge in [-0.05, 0) is 22.8 Å². The van der Waals surface area contributed by atoms with Gasteiger partial charge in [0.25, 0.3) is 0 Å². The molecule has 0 aromatic carbocycles. The standard InChI is InChI=1S/C14H16N6O2/c1-3-10(5-4-8-21-2)11-9-20(7-6-15)14(17-11)12-13(16)19-22-18-12/h3-5,9H,7-8H2,1-2H3,(H2,16,19)/b5-4-,10-3+. The monoisotopic (exact) mass is 300 g/mol. The van der Waals surface area contributed by atoms with Crippen molar-refractivity contribution < 1.29 is 9.37 Å². The number of nitrogens with two attached hydrogens (primary N) is 1. The van der Waals surface area contributed by atoms with Crippen LogP contribution in [0.5, 0.6) is 0 Å². The maximum Gasteiger partial charge on any atom is 0.199 e. The molecule has 0 aliphatic rings. The summed E-state index contributed by atoms with van der Waals surface area (Å²) in [6, 6.07) is 2.07. The first-order valence-corrected chi connectivity index (χ1v) is 6.56. The molecule has 0 saturated heterocycles. The molecule has 22 heavy (non-hydrogen) atoms. The minimum Gasteiger partial charge on any atom is -0.381 e. The molecule has 0 atom stereocenters. The van der Waals surface area contributed by atoms with Gasteiger partial charge < -0.3 is 15.0 Å². The van der Waals surface area contributed by atoms with E-state index in [1.54, 1.807) is 17.9 Å². The second-order valence-electron chi connectivity index (χ2n) is 4.34. The Bertz CT molecular complexity index is 735. The molecule has 8 heteroatoms. The molecule has 2 aromatic heterocycles. The van der Waals surface area contributed by atoms with Gasteiger partial charge in [0.05, 0.1) is 18.4 Å². The summed E-state index contributed by atoms with van der Waals surface area (Å²) in [7, 11) is 1.62. The van der Waals surface area contributed by atoms with Crippen molar-refractivity contribution in [3.8, 4) is 17.6 Å².